The lowest BCUT2D eigenvalue weighted by Gasteiger charge is -2.50. The van der Waals surface area contributed by atoms with Gasteiger partial charge in [0.1, 0.15) is 0 Å². The van der Waals surface area contributed by atoms with Gasteiger partial charge in [-0.3, -0.25) is 9.69 Å². The normalized spacial score (nSPS) is 30.1. The number of likely N-dealkylation sites (tertiary alicyclic amines) is 2. The van der Waals surface area contributed by atoms with Crippen LogP contribution in [0.1, 0.15) is 63.1 Å². The number of aryl methyl sites for hydroxylation is 1. The highest BCUT2D eigenvalue weighted by Crippen LogP contribution is 2.42. The molecule has 0 atom stereocenters. The Balaban J connectivity index is 1.34. The summed E-state index contributed by atoms with van der Waals surface area (Å²) in [5.41, 5.74) is 0.269. The molecule has 7 nitrogen and oxygen atoms in total. The summed E-state index contributed by atoms with van der Waals surface area (Å²) < 4.78 is 5.25. The van der Waals surface area contributed by atoms with E-state index in [1.807, 2.05) is 6.92 Å². The minimum atomic E-state index is -0.170. The van der Waals surface area contributed by atoms with Crippen molar-refractivity contribution in [2.45, 2.75) is 77.0 Å². The van der Waals surface area contributed by atoms with Gasteiger partial charge >= 0.3 is 0 Å². The molecule has 3 fully saturated rings. The zero-order valence-corrected chi connectivity index (χ0v) is 15.7. The van der Waals surface area contributed by atoms with E-state index in [1.165, 1.54) is 0 Å². The molecule has 0 radical (unpaired) electrons. The average molecular weight is 362 g/mol. The third-order valence-electron chi connectivity index (χ3n) is 6.65. The first-order chi connectivity index (χ1) is 12.5. The van der Waals surface area contributed by atoms with Crippen molar-refractivity contribution >= 4 is 5.91 Å². The summed E-state index contributed by atoms with van der Waals surface area (Å²) in [5, 5.41) is 13.6. The Labute approximate surface area is 154 Å². The lowest BCUT2D eigenvalue weighted by atomic mass is 9.71. The first-order valence-electron chi connectivity index (χ1n) is 10.0. The summed E-state index contributed by atoms with van der Waals surface area (Å²) in [6, 6.07) is 0.336. The quantitative estimate of drug-likeness (QED) is 0.884. The highest BCUT2D eigenvalue weighted by atomic mass is 16.5. The Hall–Kier alpha value is -1.47. The molecule has 1 aromatic heterocycles. The van der Waals surface area contributed by atoms with Crippen LogP contribution in [0.4, 0.5) is 0 Å². The molecule has 1 amide bonds. The molecular formula is C19H30N4O3. The van der Waals surface area contributed by atoms with Crippen LogP contribution in [0.25, 0.3) is 0 Å². The van der Waals surface area contributed by atoms with Gasteiger partial charge in [0.15, 0.2) is 5.82 Å². The third-order valence-corrected chi connectivity index (χ3v) is 6.65. The van der Waals surface area contributed by atoms with Crippen molar-refractivity contribution in [3.63, 3.8) is 0 Å². The fraction of sp³-hybridized carbons (Fsp3) is 0.842. The molecular weight excluding hydrogens is 332 g/mol. The zero-order chi connectivity index (χ0) is 18.1. The third kappa shape index (κ3) is 3.78. The number of carbonyl (C=O) groups excluding carboxylic acids is 1. The zero-order valence-electron chi connectivity index (χ0n) is 15.7. The fourth-order valence-electron chi connectivity index (χ4n) is 4.94. The van der Waals surface area contributed by atoms with Gasteiger partial charge in [0.2, 0.25) is 11.8 Å². The van der Waals surface area contributed by atoms with Crippen LogP contribution >= 0.6 is 0 Å². The van der Waals surface area contributed by atoms with Gasteiger partial charge in [0, 0.05) is 19.0 Å². The number of hydrogen-bond donors (Lipinski definition) is 1. The van der Waals surface area contributed by atoms with Gasteiger partial charge in [-0.1, -0.05) is 5.16 Å². The second-order valence-electron chi connectivity index (χ2n) is 8.50. The summed E-state index contributed by atoms with van der Waals surface area (Å²) in [6.45, 7) is 5.51. The van der Waals surface area contributed by atoms with Crippen LogP contribution in [0.5, 0.6) is 0 Å². The molecule has 3 heterocycles. The first kappa shape index (κ1) is 17.9. The van der Waals surface area contributed by atoms with Crippen molar-refractivity contribution in [3.05, 3.63) is 11.7 Å². The Morgan fingerprint density at radius 3 is 2.58 bits per heavy atom. The van der Waals surface area contributed by atoms with E-state index in [-0.39, 0.29) is 11.5 Å². The summed E-state index contributed by atoms with van der Waals surface area (Å²) in [7, 11) is 0. The lowest BCUT2D eigenvalue weighted by Crippen LogP contribution is -2.55. The summed E-state index contributed by atoms with van der Waals surface area (Å²) in [5.74, 6) is 1.70. The number of nitrogens with zero attached hydrogens (tertiary/aromatic N) is 4. The van der Waals surface area contributed by atoms with Crippen molar-refractivity contribution in [2.24, 2.45) is 5.41 Å². The van der Waals surface area contributed by atoms with Crippen LogP contribution in [0.15, 0.2) is 4.52 Å². The maximum atomic E-state index is 12.5. The smallest absolute Gasteiger partial charge is 0.240 e. The molecule has 0 aromatic carbocycles. The highest BCUT2D eigenvalue weighted by Gasteiger charge is 2.43. The molecule has 1 spiro atoms. The Kier molecular flexibility index (Phi) is 5.01. The van der Waals surface area contributed by atoms with Crippen LogP contribution < -0.4 is 0 Å². The molecule has 26 heavy (non-hydrogen) atoms. The second-order valence-corrected chi connectivity index (χ2v) is 8.50. The molecule has 1 aliphatic carbocycles. The number of rotatable bonds is 3. The van der Waals surface area contributed by atoms with Crippen molar-refractivity contribution in [1.82, 2.24) is 19.9 Å². The number of aliphatic hydroxyl groups excluding tert-OH is 1. The highest BCUT2D eigenvalue weighted by molar-refractivity contribution is 5.77. The number of amides is 1. The summed E-state index contributed by atoms with van der Waals surface area (Å²) in [4.78, 5) is 21.4. The monoisotopic (exact) mass is 362 g/mol. The summed E-state index contributed by atoms with van der Waals surface area (Å²) >= 11 is 0. The maximum Gasteiger partial charge on any atom is 0.240 e. The standard InChI is InChI=1S/C19H30N4O3/c1-14-20-17(26-21-14)12-22-10-8-19(9-11-22)7-6-18(25)23(13-19)15-2-4-16(24)5-3-15/h15-16,24H,2-13H2,1H3. The molecule has 0 bridgehead atoms. The van der Waals surface area contributed by atoms with E-state index >= 15 is 0 Å². The topological polar surface area (TPSA) is 82.7 Å². The van der Waals surface area contributed by atoms with Crippen molar-refractivity contribution in [1.29, 1.82) is 0 Å². The van der Waals surface area contributed by atoms with Crippen LogP contribution in [0, 0.1) is 12.3 Å². The van der Waals surface area contributed by atoms with Gasteiger partial charge in [0.05, 0.1) is 12.6 Å². The second kappa shape index (κ2) is 7.27. The van der Waals surface area contributed by atoms with Crippen LogP contribution in [0.2, 0.25) is 0 Å². The molecule has 1 aromatic rings. The minimum Gasteiger partial charge on any atom is -0.393 e. The number of aromatic nitrogens is 2. The molecule has 2 saturated heterocycles. The van der Waals surface area contributed by atoms with Crippen LogP contribution in [-0.2, 0) is 11.3 Å². The Morgan fingerprint density at radius 1 is 1.19 bits per heavy atom. The van der Waals surface area contributed by atoms with Crippen molar-refractivity contribution < 1.29 is 14.4 Å². The van der Waals surface area contributed by atoms with E-state index in [4.69, 9.17) is 4.52 Å². The van der Waals surface area contributed by atoms with Crippen molar-refractivity contribution in [2.75, 3.05) is 19.6 Å². The van der Waals surface area contributed by atoms with Gasteiger partial charge in [-0.05, 0) is 70.4 Å². The number of carbonyl (C=O) groups is 1. The van der Waals surface area contributed by atoms with Gasteiger partial charge in [-0.2, -0.15) is 4.98 Å². The fourth-order valence-corrected chi connectivity index (χ4v) is 4.94. The van der Waals surface area contributed by atoms with Crippen LogP contribution in [0.3, 0.4) is 0 Å². The van der Waals surface area contributed by atoms with Crippen molar-refractivity contribution in [3.8, 4) is 0 Å². The molecule has 1 saturated carbocycles. The maximum absolute atomic E-state index is 12.5. The molecule has 2 aliphatic heterocycles. The predicted molar refractivity (Wildman–Crippen MR) is 95.2 cm³/mol. The predicted octanol–water partition coefficient (Wildman–Crippen LogP) is 1.89. The molecule has 3 aliphatic rings. The molecule has 4 rings (SSSR count). The van der Waals surface area contributed by atoms with Gasteiger partial charge < -0.3 is 14.5 Å². The van der Waals surface area contributed by atoms with Gasteiger partial charge in [0.25, 0.3) is 0 Å². The van der Waals surface area contributed by atoms with Gasteiger partial charge in [-0.15, -0.1) is 0 Å². The largest absolute Gasteiger partial charge is 0.393 e. The summed E-state index contributed by atoms with van der Waals surface area (Å²) in [6.07, 6.45) is 7.34. The van der Waals surface area contributed by atoms with E-state index in [2.05, 4.69) is 19.9 Å². The molecule has 0 unspecified atom stereocenters. The van der Waals surface area contributed by atoms with E-state index < -0.39 is 0 Å². The van der Waals surface area contributed by atoms with E-state index in [1.54, 1.807) is 0 Å². The number of aliphatic hydroxyl groups is 1. The number of hydrogen-bond acceptors (Lipinski definition) is 6. The SMILES string of the molecule is Cc1noc(CN2CCC3(CCC(=O)N(C4CCC(O)CC4)C3)CC2)n1. The molecule has 7 heteroatoms. The van der Waals surface area contributed by atoms with E-state index in [0.29, 0.717) is 30.1 Å². The molecule has 144 valence electrons. The minimum absolute atomic E-state index is 0.170. The Bertz CT molecular complexity index is 630. The number of piperidine rings is 2. The average Bonchev–Trinajstić information content (AvgIpc) is 3.05. The Morgan fingerprint density at radius 2 is 1.92 bits per heavy atom. The van der Waals surface area contributed by atoms with E-state index in [9.17, 15) is 9.90 Å². The van der Waals surface area contributed by atoms with Gasteiger partial charge in [-0.25, -0.2) is 0 Å². The lowest BCUT2D eigenvalue weighted by molar-refractivity contribution is -0.144. The molecule has 1 N–H and O–H groups in total. The van der Waals surface area contributed by atoms with E-state index in [0.717, 1.165) is 71.1 Å². The van der Waals surface area contributed by atoms with Crippen LogP contribution in [-0.4, -0.2) is 62.7 Å². The first-order valence-corrected chi connectivity index (χ1v) is 10.0.